The molecule has 0 bridgehead atoms. The summed E-state index contributed by atoms with van der Waals surface area (Å²) in [6.45, 7) is 0. The minimum absolute atomic E-state index is 1.01. The van der Waals surface area contributed by atoms with Crippen LogP contribution in [0, 0.1) is 0 Å². The summed E-state index contributed by atoms with van der Waals surface area (Å²) < 4.78 is 0. The monoisotopic (exact) mass is 320 g/mol. The van der Waals surface area contributed by atoms with Crippen LogP contribution in [-0.2, 0) is 19.3 Å². The number of rotatable bonds is 2. The van der Waals surface area contributed by atoms with Crippen LogP contribution in [0.4, 0.5) is 0 Å². The molecule has 0 saturated carbocycles. The van der Waals surface area contributed by atoms with Crippen molar-refractivity contribution in [1.82, 2.24) is 0 Å². The van der Waals surface area contributed by atoms with Crippen LogP contribution in [0.2, 0.25) is 0 Å². The van der Waals surface area contributed by atoms with E-state index in [2.05, 4.69) is 84.9 Å². The van der Waals surface area contributed by atoms with E-state index in [9.17, 15) is 0 Å². The Bertz CT molecular complexity index is 1070. The van der Waals surface area contributed by atoms with Crippen molar-refractivity contribution < 1.29 is 0 Å². The van der Waals surface area contributed by atoms with Gasteiger partial charge < -0.3 is 0 Å². The van der Waals surface area contributed by atoms with Gasteiger partial charge in [0.25, 0.3) is 0 Å². The topological polar surface area (TPSA) is 0 Å². The largest absolute Gasteiger partial charge is 0.0620 e. The average Bonchev–Trinajstić information content (AvgIpc) is 2.67. The third-order valence-corrected chi connectivity index (χ3v) is 5.45. The zero-order valence-corrected chi connectivity index (χ0v) is 14.2. The number of benzene rings is 4. The van der Waals surface area contributed by atoms with E-state index in [1.165, 1.54) is 44.2 Å². The highest BCUT2D eigenvalue weighted by atomic mass is 14.2. The normalized spacial score (nSPS) is 12.6. The summed E-state index contributed by atoms with van der Waals surface area (Å²) in [5.74, 6) is 0. The molecule has 120 valence electrons. The molecule has 0 atom stereocenters. The van der Waals surface area contributed by atoms with E-state index >= 15 is 0 Å². The van der Waals surface area contributed by atoms with Gasteiger partial charge in [-0.25, -0.2) is 0 Å². The lowest BCUT2D eigenvalue weighted by Gasteiger charge is -2.22. The van der Waals surface area contributed by atoms with Gasteiger partial charge in [0, 0.05) is 0 Å². The summed E-state index contributed by atoms with van der Waals surface area (Å²) >= 11 is 0. The first-order valence-electron chi connectivity index (χ1n) is 9.01. The van der Waals surface area contributed by atoms with Gasteiger partial charge in [-0.05, 0) is 63.4 Å². The zero-order valence-electron chi connectivity index (χ0n) is 14.2. The first kappa shape index (κ1) is 14.5. The summed E-state index contributed by atoms with van der Waals surface area (Å²) in [6, 6.07) is 31.2. The van der Waals surface area contributed by atoms with Crippen LogP contribution >= 0.6 is 0 Å². The fourth-order valence-corrected chi connectivity index (χ4v) is 4.11. The fourth-order valence-electron chi connectivity index (χ4n) is 4.11. The third-order valence-electron chi connectivity index (χ3n) is 5.45. The van der Waals surface area contributed by atoms with Crippen molar-refractivity contribution in [2.75, 3.05) is 0 Å². The van der Waals surface area contributed by atoms with E-state index in [0.717, 1.165) is 19.3 Å². The van der Waals surface area contributed by atoms with Crippen molar-refractivity contribution in [3.8, 4) is 0 Å². The number of fused-ring (bicyclic) bond motifs is 3. The van der Waals surface area contributed by atoms with Crippen molar-refractivity contribution in [3.05, 3.63) is 118 Å². The average molecular weight is 320 g/mol. The Kier molecular flexibility index (Phi) is 3.41. The molecule has 4 aromatic rings. The van der Waals surface area contributed by atoms with Crippen LogP contribution in [-0.4, -0.2) is 0 Å². The molecule has 0 aromatic heterocycles. The van der Waals surface area contributed by atoms with E-state index in [4.69, 9.17) is 0 Å². The Morgan fingerprint density at radius 2 is 1.28 bits per heavy atom. The lowest BCUT2D eigenvalue weighted by Crippen LogP contribution is -2.10. The number of hydrogen-bond acceptors (Lipinski definition) is 0. The first-order chi connectivity index (χ1) is 12.4. The third kappa shape index (κ3) is 2.64. The Labute approximate surface area is 148 Å². The van der Waals surface area contributed by atoms with Gasteiger partial charge in [0.15, 0.2) is 0 Å². The van der Waals surface area contributed by atoms with Crippen molar-refractivity contribution in [2.45, 2.75) is 19.3 Å². The molecule has 0 amide bonds. The summed E-state index contributed by atoms with van der Waals surface area (Å²) in [4.78, 5) is 0. The summed E-state index contributed by atoms with van der Waals surface area (Å²) in [5, 5.41) is 2.64. The molecule has 0 spiro atoms. The van der Waals surface area contributed by atoms with Crippen molar-refractivity contribution >= 4 is 10.8 Å². The second-order valence-electron chi connectivity index (χ2n) is 7.04. The van der Waals surface area contributed by atoms with Gasteiger partial charge >= 0.3 is 0 Å². The maximum atomic E-state index is 2.34. The molecule has 0 heteroatoms. The zero-order chi connectivity index (χ0) is 16.6. The van der Waals surface area contributed by atoms with Gasteiger partial charge in [-0.15, -0.1) is 0 Å². The molecule has 0 heterocycles. The van der Waals surface area contributed by atoms with Crippen molar-refractivity contribution in [3.63, 3.8) is 0 Å². The highest BCUT2D eigenvalue weighted by Gasteiger charge is 2.17. The Hall–Kier alpha value is -2.86. The molecule has 0 radical (unpaired) electrons. The SMILES string of the molecule is c1ccc2c(c1)Cc1cccc(Cc3ccc4ccccc4c3)c1C2. The van der Waals surface area contributed by atoms with Crippen molar-refractivity contribution in [1.29, 1.82) is 0 Å². The summed E-state index contributed by atoms with van der Waals surface area (Å²) in [5.41, 5.74) is 8.87. The predicted octanol–water partition coefficient (Wildman–Crippen LogP) is 5.93. The second-order valence-corrected chi connectivity index (χ2v) is 7.04. The molecule has 0 nitrogen and oxygen atoms in total. The van der Waals surface area contributed by atoms with Gasteiger partial charge in [0.1, 0.15) is 0 Å². The van der Waals surface area contributed by atoms with Gasteiger partial charge in [-0.3, -0.25) is 0 Å². The molecule has 1 aliphatic rings. The van der Waals surface area contributed by atoms with E-state index < -0.39 is 0 Å². The van der Waals surface area contributed by atoms with Crippen LogP contribution in [0.3, 0.4) is 0 Å². The molecule has 0 aliphatic heterocycles. The maximum absolute atomic E-state index is 2.34. The molecular formula is C25H20. The molecule has 1 aliphatic carbocycles. The van der Waals surface area contributed by atoms with E-state index in [1.54, 1.807) is 0 Å². The summed E-state index contributed by atoms with van der Waals surface area (Å²) in [6.07, 6.45) is 3.14. The molecule has 0 saturated heterocycles. The molecule has 5 rings (SSSR count). The minimum atomic E-state index is 1.01. The molecule has 25 heavy (non-hydrogen) atoms. The molecule has 0 fully saturated rings. The van der Waals surface area contributed by atoms with Crippen LogP contribution in [0.5, 0.6) is 0 Å². The van der Waals surface area contributed by atoms with E-state index in [1.807, 2.05) is 0 Å². The molecule has 0 N–H and O–H groups in total. The van der Waals surface area contributed by atoms with Gasteiger partial charge in [0.05, 0.1) is 0 Å². The van der Waals surface area contributed by atoms with Crippen LogP contribution in [0.15, 0.2) is 84.9 Å². The number of hydrogen-bond donors (Lipinski definition) is 0. The van der Waals surface area contributed by atoms with Crippen LogP contribution < -0.4 is 0 Å². The molecule has 0 unspecified atom stereocenters. The van der Waals surface area contributed by atoms with Gasteiger partial charge in [-0.2, -0.15) is 0 Å². The fraction of sp³-hybridized carbons (Fsp3) is 0.120. The van der Waals surface area contributed by atoms with Crippen LogP contribution in [0.25, 0.3) is 10.8 Å². The minimum Gasteiger partial charge on any atom is -0.0620 e. The smallest absolute Gasteiger partial charge is 0.00172 e. The highest BCUT2D eigenvalue weighted by molar-refractivity contribution is 5.83. The Morgan fingerprint density at radius 3 is 2.16 bits per heavy atom. The van der Waals surface area contributed by atoms with E-state index in [-0.39, 0.29) is 0 Å². The summed E-state index contributed by atoms with van der Waals surface area (Å²) in [7, 11) is 0. The van der Waals surface area contributed by atoms with Gasteiger partial charge in [-0.1, -0.05) is 84.9 Å². The molecular weight excluding hydrogens is 300 g/mol. The first-order valence-corrected chi connectivity index (χ1v) is 9.01. The maximum Gasteiger partial charge on any atom is -0.00172 e. The Balaban J connectivity index is 1.53. The quantitative estimate of drug-likeness (QED) is 0.378. The second kappa shape index (κ2) is 5.89. The highest BCUT2D eigenvalue weighted by Crippen LogP contribution is 2.30. The lowest BCUT2D eigenvalue weighted by molar-refractivity contribution is 0.969. The predicted molar refractivity (Wildman–Crippen MR) is 105 cm³/mol. The van der Waals surface area contributed by atoms with Crippen molar-refractivity contribution in [2.24, 2.45) is 0 Å². The van der Waals surface area contributed by atoms with E-state index in [0.29, 0.717) is 0 Å². The molecule has 4 aromatic carbocycles. The Morgan fingerprint density at radius 1 is 0.560 bits per heavy atom. The standard InChI is InChI=1S/C25H20/c1-2-7-20-14-18(12-13-19(20)6-1)15-23-10-5-11-24-16-21-8-3-4-9-22(21)17-25(23)24/h1-14H,15-17H2. The van der Waals surface area contributed by atoms with Crippen LogP contribution in [0.1, 0.15) is 33.4 Å². The lowest BCUT2D eigenvalue weighted by atomic mass is 9.82. The van der Waals surface area contributed by atoms with Gasteiger partial charge in [0.2, 0.25) is 0 Å².